The maximum absolute atomic E-state index is 12.0. The summed E-state index contributed by atoms with van der Waals surface area (Å²) in [5.41, 5.74) is 2.57. The molecule has 0 fully saturated rings. The second kappa shape index (κ2) is 7.58. The molecule has 0 bridgehead atoms. The number of nitrogens with one attached hydrogen (secondary N) is 1. The van der Waals surface area contributed by atoms with Gasteiger partial charge in [-0.05, 0) is 30.7 Å². The van der Waals surface area contributed by atoms with E-state index in [1.54, 1.807) is 32.7 Å². The Hall–Kier alpha value is -2.86. The van der Waals surface area contributed by atoms with Gasteiger partial charge < -0.3 is 14.8 Å². The van der Waals surface area contributed by atoms with Crippen LogP contribution in [-0.4, -0.2) is 39.4 Å². The van der Waals surface area contributed by atoms with Crippen LogP contribution in [0.1, 0.15) is 28.9 Å². The van der Waals surface area contributed by atoms with E-state index in [0.717, 1.165) is 11.3 Å². The summed E-state index contributed by atoms with van der Waals surface area (Å²) in [4.78, 5) is 21.9. The lowest BCUT2D eigenvalue weighted by Gasteiger charge is -2.18. The number of nitrogens with zero attached hydrogens (tertiary/aromatic N) is 4. The SMILES string of the molecule is CC(Nc1ncc(C(=O)N(C)C)cc1Cl)c1cccc(-n2ccnc2)c1. The molecule has 0 saturated heterocycles. The summed E-state index contributed by atoms with van der Waals surface area (Å²) in [6, 6.07) is 9.75. The van der Waals surface area contributed by atoms with E-state index in [4.69, 9.17) is 11.6 Å². The second-order valence-electron chi connectivity index (χ2n) is 6.18. The molecule has 1 amide bonds. The molecule has 0 saturated carbocycles. The Bertz CT molecular complexity index is 908. The van der Waals surface area contributed by atoms with Crippen molar-refractivity contribution in [1.29, 1.82) is 0 Å². The van der Waals surface area contributed by atoms with Gasteiger partial charge in [0.1, 0.15) is 5.82 Å². The van der Waals surface area contributed by atoms with Gasteiger partial charge in [-0.2, -0.15) is 0 Å². The van der Waals surface area contributed by atoms with Crippen LogP contribution in [0, 0.1) is 0 Å². The number of hydrogen-bond donors (Lipinski definition) is 1. The van der Waals surface area contributed by atoms with Gasteiger partial charge in [0.25, 0.3) is 5.91 Å². The second-order valence-corrected chi connectivity index (χ2v) is 6.59. The van der Waals surface area contributed by atoms with Crippen molar-refractivity contribution in [3.05, 3.63) is 71.4 Å². The van der Waals surface area contributed by atoms with E-state index < -0.39 is 0 Å². The molecule has 2 aromatic heterocycles. The normalized spacial score (nSPS) is 11.8. The summed E-state index contributed by atoms with van der Waals surface area (Å²) in [6.07, 6.45) is 6.94. The number of imidazole rings is 1. The summed E-state index contributed by atoms with van der Waals surface area (Å²) >= 11 is 6.31. The third kappa shape index (κ3) is 3.86. The number of pyridine rings is 1. The highest BCUT2D eigenvalue weighted by Crippen LogP contribution is 2.26. The number of anilines is 1. The molecular formula is C19H20ClN5O. The summed E-state index contributed by atoms with van der Waals surface area (Å²) in [7, 11) is 3.38. The quantitative estimate of drug-likeness (QED) is 0.743. The predicted molar refractivity (Wildman–Crippen MR) is 103 cm³/mol. The molecule has 0 aliphatic carbocycles. The number of aromatic nitrogens is 3. The van der Waals surface area contributed by atoms with Crippen LogP contribution in [0.2, 0.25) is 5.02 Å². The standard InChI is InChI=1S/C19H20ClN5O/c1-13(14-5-4-6-16(9-14)25-8-7-21-12-25)23-18-17(20)10-15(11-22-18)19(26)24(2)3/h4-13H,1-3H3,(H,22,23). The van der Waals surface area contributed by atoms with Crippen molar-refractivity contribution in [2.24, 2.45) is 0 Å². The molecule has 0 aliphatic heterocycles. The van der Waals surface area contributed by atoms with E-state index >= 15 is 0 Å². The fourth-order valence-corrected chi connectivity index (χ4v) is 2.80. The fourth-order valence-electron chi connectivity index (χ4n) is 2.57. The average molecular weight is 370 g/mol. The number of halogens is 1. The zero-order valence-corrected chi connectivity index (χ0v) is 15.6. The van der Waals surface area contributed by atoms with E-state index in [2.05, 4.69) is 21.4 Å². The smallest absolute Gasteiger partial charge is 0.254 e. The molecule has 1 aromatic carbocycles. The molecule has 6 nitrogen and oxygen atoms in total. The largest absolute Gasteiger partial charge is 0.362 e. The lowest BCUT2D eigenvalue weighted by atomic mass is 10.1. The summed E-state index contributed by atoms with van der Waals surface area (Å²) in [6.45, 7) is 2.03. The van der Waals surface area contributed by atoms with Crippen LogP contribution in [0.15, 0.2) is 55.2 Å². The van der Waals surface area contributed by atoms with Gasteiger partial charge in [-0.1, -0.05) is 23.7 Å². The Balaban J connectivity index is 1.79. The van der Waals surface area contributed by atoms with Crippen LogP contribution >= 0.6 is 11.6 Å². The number of hydrogen-bond acceptors (Lipinski definition) is 4. The van der Waals surface area contributed by atoms with Gasteiger partial charge in [-0.15, -0.1) is 0 Å². The minimum Gasteiger partial charge on any atom is -0.362 e. The molecule has 2 heterocycles. The van der Waals surface area contributed by atoms with E-state index in [1.165, 1.54) is 11.1 Å². The van der Waals surface area contributed by atoms with Gasteiger partial charge in [0, 0.05) is 38.4 Å². The number of rotatable bonds is 5. The number of benzene rings is 1. The highest BCUT2D eigenvalue weighted by Gasteiger charge is 2.14. The van der Waals surface area contributed by atoms with E-state index in [9.17, 15) is 4.79 Å². The van der Waals surface area contributed by atoms with Crippen molar-refractivity contribution < 1.29 is 4.79 Å². The van der Waals surface area contributed by atoms with Crippen molar-refractivity contribution in [3.63, 3.8) is 0 Å². The molecule has 3 rings (SSSR count). The van der Waals surface area contributed by atoms with Crippen LogP contribution < -0.4 is 5.32 Å². The molecule has 7 heteroatoms. The Labute approximate surface area is 157 Å². The van der Waals surface area contributed by atoms with Crippen LogP contribution in [0.25, 0.3) is 5.69 Å². The number of carbonyl (C=O) groups is 1. The molecule has 134 valence electrons. The lowest BCUT2D eigenvalue weighted by molar-refractivity contribution is 0.0827. The van der Waals surface area contributed by atoms with Crippen molar-refractivity contribution >= 4 is 23.3 Å². The summed E-state index contributed by atoms with van der Waals surface area (Å²) in [5, 5.41) is 3.71. The van der Waals surface area contributed by atoms with Crippen molar-refractivity contribution in [1.82, 2.24) is 19.4 Å². The minimum absolute atomic E-state index is 0.0149. The molecule has 1 unspecified atom stereocenters. The van der Waals surface area contributed by atoms with Crippen molar-refractivity contribution in [2.75, 3.05) is 19.4 Å². The molecule has 26 heavy (non-hydrogen) atoms. The van der Waals surface area contributed by atoms with E-state index in [1.807, 2.05) is 35.9 Å². The molecule has 0 aliphatic rings. The molecule has 3 aromatic rings. The lowest BCUT2D eigenvalue weighted by Crippen LogP contribution is -2.22. The van der Waals surface area contributed by atoms with Gasteiger partial charge in [0.15, 0.2) is 0 Å². The minimum atomic E-state index is -0.132. The first-order chi connectivity index (χ1) is 12.5. The average Bonchev–Trinajstić information content (AvgIpc) is 3.17. The third-order valence-electron chi connectivity index (χ3n) is 4.02. The van der Waals surface area contributed by atoms with Crippen molar-refractivity contribution in [2.45, 2.75) is 13.0 Å². The predicted octanol–water partition coefficient (Wildman–Crippen LogP) is 3.80. The molecule has 1 N–H and O–H groups in total. The Morgan fingerprint density at radius 3 is 2.77 bits per heavy atom. The van der Waals surface area contributed by atoms with Gasteiger partial charge in [-0.25, -0.2) is 9.97 Å². The van der Waals surface area contributed by atoms with Crippen LogP contribution in [-0.2, 0) is 0 Å². The molecular weight excluding hydrogens is 350 g/mol. The molecule has 0 spiro atoms. The Kier molecular flexibility index (Phi) is 5.23. The van der Waals surface area contributed by atoms with Gasteiger partial charge in [-0.3, -0.25) is 4.79 Å². The van der Waals surface area contributed by atoms with Crippen LogP contribution in [0.5, 0.6) is 0 Å². The zero-order chi connectivity index (χ0) is 18.7. The van der Waals surface area contributed by atoms with Gasteiger partial charge in [0.05, 0.1) is 23.0 Å². The summed E-state index contributed by atoms with van der Waals surface area (Å²) < 4.78 is 1.95. The van der Waals surface area contributed by atoms with Gasteiger partial charge in [0.2, 0.25) is 0 Å². The summed E-state index contributed by atoms with van der Waals surface area (Å²) in [5.74, 6) is 0.412. The number of carbonyl (C=O) groups excluding carboxylic acids is 1. The monoisotopic (exact) mass is 369 g/mol. The van der Waals surface area contributed by atoms with Crippen LogP contribution in [0.4, 0.5) is 5.82 Å². The maximum atomic E-state index is 12.0. The first-order valence-corrected chi connectivity index (χ1v) is 8.55. The third-order valence-corrected chi connectivity index (χ3v) is 4.31. The first-order valence-electron chi connectivity index (χ1n) is 8.17. The van der Waals surface area contributed by atoms with E-state index in [-0.39, 0.29) is 11.9 Å². The topological polar surface area (TPSA) is 63.1 Å². The van der Waals surface area contributed by atoms with Crippen LogP contribution in [0.3, 0.4) is 0 Å². The first kappa shape index (κ1) is 17.9. The van der Waals surface area contributed by atoms with E-state index in [0.29, 0.717) is 16.4 Å². The molecule has 0 radical (unpaired) electrons. The Morgan fingerprint density at radius 1 is 1.31 bits per heavy atom. The fraction of sp³-hybridized carbons (Fsp3) is 0.211. The van der Waals surface area contributed by atoms with Gasteiger partial charge >= 0.3 is 0 Å². The number of amides is 1. The molecule has 1 atom stereocenters. The zero-order valence-electron chi connectivity index (χ0n) is 14.8. The highest BCUT2D eigenvalue weighted by atomic mass is 35.5. The Morgan fingerprint density at radius 2 is 2.12 bits per heavy atom. The maximum Gasteiger partial charge on any atom is 0.254 e. The van der Waals surface area contributed by atoms with Crippen molar-refractivity contribution in [3.8, 4) is 5.69 Å². The highest BCUT2D eigenvalue weighted by molar-refractivity contribution is 6.33.